The van der Waals surface area contributed by atoms with Crippen LogP contribution in [0.3, 0.4) is 0 Å². The van der Waals surface area contributed by atoms with E-state index in [-0.39, 0.29) is 6.61 Å². The number of pyridine rings is 2. The first-order valence-corrected chi connectivity index (χ1v) is 10.4. The van der Waals surface area contributed by atoms with Crippen LogP contribution in [0.1, 0.15) is 16.8 Å². The van der Waals surface area contributed by atoms with Crippen LogP contribution in [-0.2, 0) is 11.4 Å². The minimum Gasteiger partial charge on any atom is -0.487 e. The molecule has 7 nitrogen and oxygen atoms in total. The van der Waals surface area contributed by atoms with Crippen LogP contribution in [0.15, 0.2) is 42.9 Å². The average Bonchev–Trinajstić information content (AvgIpc) is 3.18. The number of ether oxygens (including phenoxy) is 1. The molecule has 0 amide bonds. The van der Waals surface area contributed by atoms with Gasteiger partial charge in [0.2, 0.25) is 0 Å². The summed E-state index contributed by atoms with van der Waals surface area (Å²) in [5, 5.41) is 16.3. The second kappa shape index (κ2) is 10.3. The van der Waals surface area contributed by atoms with Crippen molar-refractivity contribution in [2.75, 3.05) is 0 Å². The molecule has 0 saturated carbocycles. The van der Waals surface area contributed by atoms with Crippen LogP contribution in [0.5, 0.6) is 5.75 Å². The van der Waals surface area contributed by atoms with Gasteiger partial charge in [-0.15, -0.1) is 0 Å². The lowest BCUT2D eigenvalue weighted by molar-refractivity contribution is -0.192. The minimum atomic E-state index is -5.08. The minimum absolute atomic E-state index is 0.230. The zero-order valence-corrected chi connectivity index (χ0v) is 19.3. The molecule has 0 radical (unpaired) electrons. The van der Waals surface area contributed by atoms with Crippen LogP contribution in [-0.4, -0.2) is 37.4 Å². The van der Waals surface area contributed by atoms with Gasteiger partial charge in [-0.2, -0.15) is 18.3 Å². The SMILES string of the molecule is Cc1cc(-c2[nH]ncc2C)c2cccc(OCc3c(Cl)cncc3Cl)c2n1.O=C(O)C(F)(F)F. The van der Waals surface area contributed by atoms with Gasteiger partial charge < -0.3 is 9.84 Å². The first-order valence-electron chi connectivity index (χ1n) is 9.60. The zero-order valence-electron chi connectivity index (χ0n) is 17.7. The van der Waals surface area contributed by atoms with Gasteiger partial charge in [0.15, 0.2) is 0 Å². The quantitative estimate of drug-likeness (QED) is 0.339. The van der Waals surface area contributed by atoms with Crippen molar-refractivity contribution in [3.8, 4) is 17.0 Å². The molecule has 0 unspecified atom stereocenters. The molecule has 0 atom stereocenters. The number of aliphatic carboxylic acids is 1. The Morgan fingerprint density at radius 2 is 1.79 bits per heavy atom. The smallest absolute Gasteiger partial charge is 0.487 e. The molecule has 3 aromatic heterocycles. The van der Waals surface area contributed by atoms with E-state index < -0.39 is 12.1 Å². The summed E-state index contributed by atoms with van der Waals surface area (Å²) >= 11 is 12.4. The molecule has 0 saturated heterocycles. The summed E-state index contributed by atoms with van der Waals surface area (Å²) in [7, 11) is 0. The van der Waals surface area contributed by atoms with Crippen LogP contribution in [0, 0.1) is 13.8 Å². The summed E-state index contributed by atoms with van der Waals surface area (Å²) in [4.78, 5) is 17.6. The third-order valence-electron chi connectivity index (χ3n) is 4.60. The summed E-state index contributed by atoms with van der Waals surface area (Å²) in [6.45, 7) is 4.21. The molecule has 0 spiro atoms. The molecule has 0 aliphatic rings. The number of carboxylic acid groups (broad SMARTS) is 1. The van der Waals surface area contributed by atoms with Gasteiger partial charge in [0, 0.05) is 34.6 Å². The van der Waals surface area contributed by atoms with Gasteiger partial charge in [0.25, 0.3) is 0 Å². The second-order valence-corrected chi connectivity index (χ2v) is 7.88. The number of carboxylic acids is 1. The van der Waals surface area contributed by atoms with E-state index in [1.807, 2.05) is 44.3 Å². The fourth-order valence-electron chi connectivity index (χ4n) is 3.02. The Bertz CT molecular complexity index is 1320. The van der Waals surface area contributed by atoms with Crippen molar-refractivity contribution < 1.29 is 27.8 Å². The number of nitrogens with one attached hydrogen (secondary N) is 1. The molecule has 0 aliphatic carbocycles. The molecule has 3 heterocycles. The predicted molar refractivity (Wildman–Crippen MR) is 121 cm³/mol. The Labute approximate surface area is 201 Å². The van der Waals surface area contributed by atoms with Crippen molar-refractivity contribution >= 4 is 40.1 Å². The van der Waals surface area contributed by atoms with Crippen LogP contribution in [0.4, 0.5) is 13.2 Å². The van der Waals surface area contributed by atoms with Gasteiger partial charge in [-0.1, -0.05) is 35.3 Å². The maximum Gasteiger partial charge on any atom is 0.490 e. The van der Waals surface area contributed by atoms with Crippen molar-refractivity contribution in [2.45, 2.75) is 26.6 Å². The summed E-state index contributed by atoms with van der Waals surface area (Å²) in [6.07, 6.45) is -0.168. The Balaban J connectivity index is 0.000000406. The Morgan fingerprint density at radius 1 is 1.15 bits per heavy atom. The number of aryl methyl sites for hydroxylation is 2. The van der Waals surface area contributed by atoms with Gasteiger partial charge in [-0.05, 0) is 31.5 Å². The number of fused-ring (bicyclic) bond motifs is 1. The fraction of sp³-hybridized carbons (Fsp3) is 0.182. The standard InChI is InChI=1S/C20H16Cl2N4O.C2HF3O2/c1-11-7-24-26-19(11)14-6-12(2)25-20-13(14)4-3-5-18(20)27-10-15-16(21)8-23-9-17(15)22;3-2(4,5)1(6)7/h3-9H,10H2,1-2H3,(H,24,26);(H,6,7). The summed E-state index contributed by atoms with van der Waals surface area (Å²) in [6, 6.07) is 7.90. The highest BCUT2D eigenvalue weighted by Crippen LogP contribution is 2.34. The molecule has 1 aromatic carbocycles. The number of carbonyl (C=O) groups is 1. The largest absolute Gasteiger partial charge is 0.490 e. The van der Waals surface area contributed by atoms with Gasteiger partial charge >= 0.3 is 12.1 Å². The normalized spacial score (nSPS) is 11.1. The molecule has 178 valence electrons. The molecule has 2 N–H and O–H groups in total. The van der Waals surface area contributed by atoms with Crippen molar-refractivity contribution in [1.82, 2.24) is 20.2 Å². The number of hydrogen-bond acceptors (Lipinski definition) is 5. The fourth-order valence-corrected chi connectivity index (χ4v) is 3.49. The highest BCUT2D eigenvalue weighted by molar-refractivity contribution is 6.35. The van der Waals surface area contributed by atoms with Crippen LogP contribution < -0.4 is 4.74 Å². The van der Waals surface area contributed by atoms with E-state index in [4.69, 9.17) is 42.8 Å². The lowest BCUT2D eigenvalue weighted by Crippen LogP contribution is -2.21. The number of para-hydroxylation sites is 1. The number of rotatable bonds is 4. The third-order valence-corrected chi connectivity index (χ3v) is 5.25. The molecular formula is C22H17Cl2F3N4O3. The summed E-state index contributed by atoms with van der Waals surface area (Å²) < 4.78 is 37.8. The van der Waals surface area contributed by atoms with Crippen molar-refractivity contribution in [1.29, 1.82) is 0 Å². The molecular weight excluding hydrogens is 496 g/mol. The van der Waals surface area contributed by atoms with Crippen LogP contribution in [0.25, 0.3) is 22.2 Å². The maximum atomic E-state index is 10.6. The Kier molecular flexibility index (Phi) is 7.63. The van der Waals surface area contributed by atoms with Crippen LogP contribution >= 0.6 is 23.2 Å². The third kappa shape index (κ3) is 5.75. The van der Waals surface area contributed by atoms with Crippen molar-refractivity contribution in [3.63, 3.8) is 0 Å². The number of H-pyrrole nitrogens is 1. The molecule has 0 bridgehead atoms. The van der Waals surface area contributed by atoms with Crippen molar-refractivity contribution in [2.24, 2.45) is 0 Å². The van der Waals surface area contributed by atoms with Gasteiger partial charge in [-0.25, -0.2) is 9.78 Å². The first-order chi connectivity index (χ1) is 16.0. The number of nitrogens with zero attached hydrogens (tertiary/aromatic N) is 3. The molecule has 0 fully saturated rings. The summed E-state index contributed by atoms with van der Waals surface area (Å²) in [5.74, 6) is -2.09. The number of alkyl halides is 3. The number of halogens is 5. The van der Waals surface area contributed by atoms with Gasteiger partial charge in [0.1, 0.15) is 17.9 Å². The number of hydrogen-bond donors (Lipinski definition) is 2. The number of benzene rings is 1. The number of aromatic amines is 1. The molecule has 0 aliphatic heterocycles. The lowest BCUT2D eigenvalue weighted by Gasteiger charge is -2.13. The van der Waals surface area contributed by atoms with E-state index in [2.05, 4.69) is 15.2 Å². The second-order valence-electron chi connectivity index (χ2n) is 7.06. The molecule has 4 rings (SSSR count). The van der Waals surface area contributed by atoms with E-state index >= 15 is 0 Å². The Morgan fingerprint density at radius 3 is 2.35 bits per heavy atom. The molecule has 12 heteroatoms. The first kappa shape index (κ1) is 25.3. The average molecular weight is 513 g/mol. The van der Waals surface area contributed by atoms with Gasteiger partial charge in [0.05, 0.1) is 21.9 Å². The zero-order chi connectivity index (χ0) is 25.0. The summed E-state index contributed by atoms with van der Waals surface area (Å²) in [5.41, 5.74) is 5.46. The topological polar surface area (TPSA) is 101 Å². The monoisotopic (exact) mass is 512 g/mol. The lowest BCUT2D eigenvalue weighted by atomic mass is 10.0. The van der Waals surface area contributed by atoms with Crippen LogP contribution in [0.2, 0.25) is 10.0 Å². The molecule has 4 aromatic rings. The van der Waals surface area contributed by atoms with Crippen molar-refractivity contribution in [3.05, 3.63) is 69.7 Å². The molecule has 34 heavy (non-hydrogen) atoms. The highest BCUT2D eigenvalue weighted by atomic mass is 35.5. The maximum absolute atomic E-state index is 10.6. The highest BCUT2D eigenvalue weighted by Gasteiger charge is 2.38. The van der Waals surface area contributed by atoms with E-state index in [0.717, 1.165) is 33.4 Å². The van der Waals surface area contributed by atoms with E-state index in [9.17, 15) is 13.2 Å². The van der Waals surface area contributed by atoms with E-state index in [1.54, 1.807) is 12.4 Å². The van der Waals surface area contributed by atoms with E-state index in [0.29, 0.717) is 21.4 Å². The predicted octanol–water partition coefficient (Wildman–Crippen LogP) is 6.16. The van der Waals surface area contributed by atoms with E-state index in [1.165, 1.54) is 0 Å². The number of aromatic nitrogens is 4. The Hall–Kier alpha value is -3.37. The van der Waals surface area contributed by atoms with Gasteiger partial charge in [-0.3, -0.25) is 10.1 Å².